The third-order valence-electron chi connectivity index (χ3n) is 1.90. The zero-order valence-electron chi connectivity index (χ0n) is 8.21. The van der Waals surface area contributed by atoms with Crippen molar-refractivity contribution in [3.63, 3.8) is 0 Å². The molecule has 0 unspecified atom stereocenters. The molecule has 0 bridgehead atoms. The lowest BCUT2D eigenvalue weighted by Crippen LogP contribution is -2.32. The van der Waals surface area contributed by atoms with Crippen LogP contribution in [-0.2, 0) is 16.8 Å². The quantitative estimate of drug-likeness (QED) is 0.796. The Balaban J connectivity index is 2.87. The summed E-state index contributed by atoms with van der Waals surface area (Å²) in [6.07, 6.45) is 0. The maximum Gasteiger partial charge on any atom is 0.276 e. The van der Waals surface area contributed by atoms with E-state index >= 15 is 0 Å². The van der Waals surface area contributed by atoms with E-state index in [-0.39, 0.29) is 6.54 Å². The third kappa shape index (κ3) is 3.32. The van der Waals surface area contributed by atoms with E-state index in [1.165, 1.54) is 7.05 Å². The van der Waals surface area contributed by atoms with Gasteiger partial charge >= 0.3 is 0 Å². The van der Waals surface area contributed by atoms with Crippen molar-refractivity contribution in [2.24, 2.45) is 5.14 Å². The predicted octanol–water partition coefficient (Wildman–Crippen LogP) is 0.194. The highest BCUT2D eigenvalue weighted by molar-refractivity contribution is 7.86. The first kappa shape index (κ1) is 11.7. The molecule has 1 aromatic carbocycles. The van der Waals surface area contributed by atoms with Gasteiger partial charge in [-0.1, -0.05) is 12.1 Å². The van der Waals surface area contributed by atoms with Gasteiger partial charge in [-0.25, -0.2) is 5.14 Å². The summed E-state index contributed by atoms with van der Waals surface area (Å²) < 4.78 is 22.9. The molecule has 0 aliphatic carbocycles. The number of hydrogen-bond acceptors (Lipinski definition) is 3. The van der Waals surface area contributed by atoms with Crippen LogP contribution in [0.1, 0.15) is 11.1 Å². The van der Waals surface area contributed by atoms with Crippen LogP contribution in [-0.4, -0.2) is 19.8 Å². The van der Waals surface area contributed by atoms with E-state index in [1.54, 1.807) is 24.3 Å². The fraction of sp³-hybridized carbons (Fsp3) is 0.222. The fourth-order valence-electron chi connectivity index (χ4n) is 1.09. The SMILES string of the molecule is CN(Cc1cccc(C#N)c1)S(N)(=O)=O. The molecule has 0 saturated carbocycles. The second-order valence-electron chi connectivity index (χ2n) is 3.11. The predicted molar refractivity (Wildman–Crippen MR) is 55.7 cm³/mol. The average molecular weight is 225 g/mol. The van der Waals surface area contributed by atoms with Crippen LogP contribution in [0.3, 0.4) is 0 Å². The summed E-state index contributed by atoms with van der Waals surface area (Å²) in [6, 6.07) is 8.70. The molecule has 2 N–H and O–H groups in total. The van der Waals surface area contributed by atoms with E-state index in [0.717, 1.165) is 9.87 Å². The second kappa shape index (κ2) is 4.40. The van der Waals surface area contributed by atoms with Crippen LogP contribution < -0.4 is 5.14 Å². The number of nitriles is 1. The molecule has 0 spiro atoms. The molecule has 5 nitrogen and oxygen atoms in total. The summed E-state index contributed by atoms with van der Waals surface area (Å²) >= 11 is 0. The Labute approximate surface area is 88.9 Å². The minimum Gasteiger partial charge on any atom is -0.216 e. The van der Waals surface area contributed by atoms with Gasteiger partial charge in [0.1, 0.15) is 0 Å². The van der Waals surface area contributed by atoms with Crippen LogP contribution in [0, 0.1) is 11.3 Å². The van der Waals surface area contributed by atoms with Gasteiger partial charge in [-0.05, 0) is 17.7 Å². The molecule has 0 saturated heterocycles. The summed E-state index contributed by atoms with van der Waals surface area (Å²) in [4.78, 5) is 0. The van der Waals surface area contributed by atoms with Crippen molar-refractivity contribution in [2.75, 3.05) is 7.05 Å². The Morgan fingerprint density at radius 3 is 2.73 bits per heavy atom. The van der Waals surface area contributed by atoms with Gasteiger partial charge in [0.25, 0.3) is 10.2 Å². The Hall–Kier alpha value is -1.42. The highest BCUT2D eigenvalue weighted by Crippen LogP contribution is 2.07. The first-order chi connectivity index (χ1) is 6.93. The minimum atomic E-state index is -3.67. The van der Waals surface area contributed by atoms with E-state index in [9.17, 15) is 8.42 Å². The molecule has 0 aliphatic heterocycles. The van der Waals surface area contributed by atoms with Gasteiger partial charge in [-0.3, -0.25) is 0 Å². The molecule has 6 heteroatoms. The van der Waals surface area contributed by atoms with Crippen LogP contribution in [0.4, 0.5) is 0 Å². The van der Waals surface area contributed by atoms with Crippen LogP contribution in [0.2, 0.25) is 0 Å². The zero-order valence-corrected chi connectivity index (χ0v) is 9.03. The average Bonchev–Trinajstić information content (AvgIpc) is 2.16. The number of benzene rings is 1. The molecule has 0 amide bonds. The Bertz CT molecular complexity index is 490. The van der Waals surface area contributed by atoms with Crippen LogP contribution in [0.15, 0.2) is 24.3 Å². The Morgan fingerprint density at radius 2 is 2.20 bits per heavy atom. The van der Waals surface area contributed by atoms with Crippen molar-refractivity contribution in [1.82, 2.24) is 4.31 Å². The molecule has 0 aliphatic rings. The minimum absolute atomic E-state index is 0.161. The lowest BCUT2D eigenvalue weighted by Gasteiger charge is -2.13. The van der Waals surface area contributed by atoms with E-state index in [2.05, 4.69) is 0 Å². The van der Waals surface area contributed by atoms with E-state index in [4.69, 9.17) is 10.4 Å². The molecule has 0 aromatic heterocycles. The van der Waals surface area contributed by atoms with Gasteiger partial charge in [0.15, 0.2) is 0 Å². The first-order valence-electron chi connectivity index (χ1n) is 4.16. The van der Waals surface area contributed by atoms with E-state index < -0.39 is 10.2 Å². The molecule has 0 fully saturated rings. The van der Waals surface area contributed by atoms with Gasteiger partial charge in [0.05, 0.1) is 11.6 Å². The normalized spacial score (nSPS) is 11.3. The zero-order chi connectivity index (χ0) is 11.5. The monoisotopic (exact) mass is 225 g/mol. The molecule has 1 rings (SSSR count). The van der Waals surface area contributed by atoms with Crippen molar-refractivity contribution >= 4 is 10.2 Å². The molecule has 0 radical (unpaired) electrons. The van der Waals surface area contributed by atoms with Crippen molar-refractivity contribution in [1.29, 1.82) is 5.26 Å². The highest BCUT2D eigenvalue weighted by Gasteiger charge is 2.11. The second-order valence-corrected chi connectivity index (χ2v) is 4.77. The molecule has 15 heavy (non-hydrogen) atoms. The standard InChI is InChI=1S/C9H11N3O2S/c1-12(15(11,13)14)7-9-4-2-3-8(5-9)6-10/h2-5H,7H2,1H3,(H2,11,13,14). The van der Waals surface area contributed by atoms with Crippen molar-refractivity contribution < 1.29 is 8.42 Å². The van der Waals surface area contributed by atoms with Crippen molar-refractivity contribution in [3.05, 3.63) is 35.4 Å². The van der Waals surface area contributed by atoms with Gasteiger partial charge in [-0.15, -0.1) is 0 Å². The third-order valence-corrected chi connectivity index (χ3v) is 2.89. The smallest absolute Gasteiger partial charge is 0.216 e. The van der Waals surface area contributed by atoms with E-state index in [0.29, 0.717) is 5.56 Å². The largest absolute Gasteiger partial charge is 0.276 e. The number of nitrogens with zero attached hydrogens (tertiary/aromatic N) is 2. The lowest BCUT2D eigenvalue weighted by atomic mass is 10.1. The van der Waals surface area contributed by atoms with Crippen LogP contribution in [0.5, 0.6) is 0 Å². The van der Waals surface area contributed by atoms with Crippen molar-refractivity contribution in [2.45, 2.75) is 6.54 Å². The molecular weight excluding hydrogens is 214 g/mol. The number of rotatable bonds is 3. The summed E-state index contributed by atoms with van der Waals surface area (Å²) in [5, 5.41) is 13.6. The number of nitrogens with two attached hydrogens (primary N) is 1. The maximum atomic E-state index is 10.9. The molecule has 0 heterocycles. The molecular formula is C9H11N3O2S. The van der Waals surface area contributed by atoms with Gasteiger partial charge in [-0.2, -0.15) is 18.0 Å². The molecule has 0 atom stereocenters. The molecule has 80 valence electrons. The van der Waals surface area contributed by atoms with Crippen LogP contribution in [0.25, 0.3) is 0 Å². The number of hydrogen-bond donors (Lipinski definition) is 1. The maximum absolute atomic E-state index is 10.9. The first-order valence-corrected chi connectivity index (χ1v) is 5.67. The summed E-state index contributed by atoms with van der Waals surface area (Å²) in [7, 11) is -2.29. The van der Waals surface area contributed by atoms with Gasteiger partial charge in [0.2, 0.25) is 0 Å². The summed E-state index contributed by atoms with van der Waals surface area (Å²) in [5.41, 5.74) is 1.22. The lowest BCUT2D eigenvalue weighted by molar-refractivity contribution is 0.468. The fourth-order valence-corrected chi connectivity index (χ4v) is 1.42. The summed E-state index contributed by atoms with van der Waals surface area (Å²) in [5.74, 6) is 0. The van der Waals surface area contributed by atoms with Gasteiger partial charge in [0, 0.05) is 13.6 Å². The topological polar surface area (TPSA) is 87.2 Å². The van der Waals surface area contributed by atoms with Gasteiger partial charge < -0.3 is 0 Å². The van der Waals surface area contributed by atoms with Crippen molar-refractivity contribution in [3.8, 4) is 6.07 Å². The Kier molecular flexibility index (Phi) is 3.42. The van der Waals surface area contributed by atoms with E-state index in [1.807, 2.05) is 6.07 Å². The van der Waals surface area contributed by atoms with Crippen LogP contribution >= 0.6 is 0 Å². The Morgan fingerprint density at radius 1 is 1.53 bits per heavy atom. The highest BCUT2D eigenvalue weighted by atomic mass is 32.2. The summed E-state index contributed by atoms with van der Waals surface area (Å²) in [6.45, 7) is 0.161. The molecule has 1 aromatic rings.